The second kappa shape index (κ2) is 7.24. The number of thioether (sulfide) groups is 1. The third-order valence-corrected chi connectivity index (χ3v) is 4.11. The van der Waals surface area contributed by atoms with Gasteiger partial charge in [-0.15, -0.1) is 0 Å². The third kappa shape index (κ3) is 4.05. The molecule has 1 aromatic carbocycles. The molecule has 1 amide bonds. The van der Waals surface area contributed by atoms with Crippen molar-refractivity contribution in [2.75, 3.05) is 12.8 Å². The molecule has 0 unspecified atom stereocenters. The molecule has 0 aliphatic rings. The number of aliphatic hydroxyl groups excluding tert-OH is 1. The van der Waals surface area contributed by atoms with Crippen molar-refractivity contribution in [3.63, 3.8) is 0 Å². The van der Waals surface area contributed by atoms with Crippen LogP contribution in [-0.4, -0.2) is 29.1 Å². The molecule has 0 fully saturated rings. The predicted molar refractivity (Wildman–Crippen MR) is 77.4 cm³/mol. The second-order valence-electron chi connectivity index (χ2n) is 3.77. The van der Waals surface area contributed by atoms with Crippen LogP contribution in [0.1, 0.15) is 18.6 Å². The van der Waals surface area contributed by atoms with Crippen molar-refractivity contribution in [1.82, 2.24) is 5.32 Å². The SMILES string of the molecule is CS[C@H](C)C(=O)NC[C@@H](O)c1c(Cl)cccc1Cl. The van der Waals surface area contributed by atoms with E-state index in [-0.39, 0.29) is 17.7 Å². The maximum atomic E-state index is 11.6. The summed E-state index contributed by atoms with van der Waals surface area (Å²) in [6, 6.07) is 5.01. The first-order chi connectivity index (χ1) is 8.47. The highest BCUT2D eigenvalue weighted by molar-refractivity contribution is 7.99. The summed E-state index contributed by atoms with van der Waals surface area (Å²) in [5, 5.41) is 13.3. The highest BCUT2D eigenvalue weighted by atomic mass is 35.5. The molecule has 0 aliphatic carbocycles. The number of carbonyl (C=O) groups excluding carboxylic acids is 1. The molecular weight excluding hydrogens is 293 g/mol. The number of benzene rings is 1. The fraction of sp³-hybridized carbons (Fsp3) is 0.417. The van der Waals surface area contributed by atoms with Crippen LogP contribution in [0.3, 0.4) is 0 Å². The van der Waals surface area contributed by atoms with E-state index in [1.165, 1.54) is 11.8 Å². The van der Waals surface area contributed by atoms with Crippen LogP contribution in [0.2, 0.25) is 10.0 Å². The van der Waals surface area contributed by atoms with Crippen molar-refractivity contribution in [1.29, 1.82) is 0 Å². The van der Waals surface area contributed by atoms with E-state index in [0.29, 0.717) is 15.6 Å². The van der Waals surface area contributed by atoms with Crippen molar-refractivity contribution >= 4 is 40.9 Å². The zero-order chi connectivity index (χ0) is 13.7. The van der Waals surface area contributed by atoms with Crippen LogP contribution < -0.4 is 5.32 Å². The summed E-state index contributed by atoms with van der Waals surface area (Å²) in [6.45, 7) is 1.89. The molecule has 2 N–H and O–H groups in total. The van der Waals surface area contributed by atoms with Gasteiger partial charge in [-0.25, -0.2) is 0 Å². The van der Waals surface area contributed by atoms with Crippen molar-refractivity contribution in [2.24, 2.45) is 0 Å². The molecule has 100 valence electrons. The number of aliphatic hydroxyl groups is 1. The Bertz CT molecular complexity index is 408. The predicted octanol–water partition coefficient (Wildman–Crippen LogP) is 2.89. The van der Waals surface area contributed by atoms with Crippen molar-refractivity contribution in [2.45, 2.75) is 18.3 Å². The van der Waals surface area contributed by atoms with Crippen LogP contribution >= 0.6 is 35.0 Å². The van der Waals surface area contributed by atoms with Gasteiger partial charge in [0.05, 0.1) is 11.4 Å². The molecule has 0 spiro atoms. The summed E-state index contributed by atoms with van der Waals surface area (Å²) < 4.78 is 0. The Hall–Kier alpha value is -0.420. The smallest absolute Gasteiger partial charge is 0.232 e. The van der Waals surface area contributed by atoms with Crippen molar-refractivity contribution < 1.29 is 9.90 Å². The molecule has 0 saturated carbocycles. The summed E-state index contributed by atoms with van der Waals surface area (Å²) in [4.78, 5) is 11.6. The number of nitrogens with one attached hydrogen (secondary N) is 1. The highest BCUT2D eigenvalue weighted by Gasteiger charge is 2.17. The largest absolute Gasteiger partial charge is 0.386 e. The Morgan fingerprint density at radius 3 is 2.50 bits per heavy atom. The monoisotopic (exact) mass is 307 g/mol. The van der Waals surface area contributed by atoms with E-state index >= 15 is 0 Å². The molecule has 18 heavy (non-hydrogen) atoms. The van der Waals surface area contributed by atoms with Gasteiger partial charge in [-0.1, -0.05) is 29.3 Å². The van der Waals surface area contributed by atoms with Crippen LogP contribution in [0.5, 0.6) is 0 Å². The van der Waals surface area contributed by atoms with Crippen LogP contribution in [0.25, 0.3) is 0 Å². The van der Waals surface area contributed by atoms with Gasteiger partial charge in [-0.2, -0.15) is 11.8 Å². The standard InChI is InChI=1S/C12H15Cl2NO2S/c1-7(18-2)12(17)15-6-10(16)11-8(13)4-3-5-9(11)14/h3-5,7,10,16H,6H2,1-2H3,(H,15,17)/t7-,10-/m1/s1. The number of rotatable bonds is 5. The lowest BCUT2D eigenvalue weighted by Crippen LogP contribution is -2.34. The molecule has 1 rings (SSSR count). The van der Waals surface area contributed by atoms with Gasteiger partial charge >= 0.3 is 0 Å². The quantitative estimate of drug-likeness (QED) is 0.879. The molecule has 0 bridgehead atoms. The fourth-order valence-electron chi connectivity index (χ4n) is 1.38. The zero-order valence-corrected chi connectivity index (χ0v) is 12.4. The average Bonchev–Trinajstić information content (AvgIpc) is 2.34. The molecule has 0 saturated heterocycles. The van der Waals surface area contributed by atoms with Crippen LogP contribution in [0.4, 0.5) is 0 Å². The summed E-state index contributed by atoms with van der Waals surface area (Å²) in [6.07, 6.45) is 0.940. The molecule has 1 aromatic rings. The van der Waals surface area contributed by atoms with E-state index in [4.69, 9.17) is 23.2 Å². The Morgan fingerprint density at radius 2 is 2.00 bits per heavy atom. The Balaban J connectivity index is 2.66. The lowest BCUT2D eigenvalue weighted by atomic mass is 10.1. The van der Waals surface area contributed by atoms with Gasteiger partial charge in [0, 0.05) is 22.2 Å². The maximum absolute atomic E-state index is 11.6. The highest BCUT2D eigenvalue weighted by Crippen LogP contribution is 2.29. The van der Waals surface area contributed by atoms with Crippen LogP contribution in [0.15, 0.2) is 18.2 Å². The van der Waals surface area contributed by atoms with E-state index < -0.39 is 6.10 Å². The first kappa shape index (κ1) is 15.6. The van der Waals surface area contributed by atoms with Crippen molar-refractivity contribution in [3.8, 4) is 0 Å². The lowest BCUT2D eigenvalue weighted by molar-refractivity contribution is -0.120. The third-order valence-electron chi connectivity index (χ3n) is 2.53. The minimum absolute atomic E-state index is 0.0905. The number of carbonyl (C=O) groups is 1. The van der Waals surface area contributed by atoms with Gasteiger partial charge in [0.25, 0.3) is 0 Å². The van der Waals surface area contributed by atoms with Gasteiger partial charge in [0.2, 0.25) is 5.91 Å². The van der Waals surface area contributed by atoms with Crippen LogP contribution in [0, 0.1) is 0 Å². The van der Waals surface area contributed by atoms with E-state index in [1.807, 2.05) is 6.26 Å². The minimum atomic E-state index is -0.913. The first-order valence-corrected chi connectivity index (χ1v) is 7.44. The Kier molecular flexibility index (Phi) is 6.29. The van der Waals surface area contributed by atoms with Crippen LogP contribution in [-0.2, 0) is 4.79 Å². The number of hydrogen-bond acceptors (Lipinski definition) is 3. The van der Waals surface area contributed by atoms with E-state index in [9.17, 15) is 9.90 Å². The van der Waals surface area contributed by atoms with E-state index in [2.05, 4.69) is 5.32 Å². The Morgan fingerprint density at radius 1 is 1.44 bits per heavy atom. The van der Waals surface area contributed by atoms with Gasteiger partial charge in [0.15, 0.2) is 0 Å². The number of amides is 1. The average molecular weight is 308 g/mol. The van der Waals surface area contributed by atoms with Gasteiger partial charge in [-0.05, 0) is 25.3 Å². The summed E-state index contributed by atoms with van der Waals surface area (Å²) in [5.74, 6) is -0.121. The minimum Gasteiger partial charge on any atom is -0.386 e. The fourth-order valence-corrected chi connectivity index (χ4v) is 2.33. The summed E-state index contributed by atoms with van der Waals surface area (Å²) in [7, 11) is 0. The topological polar surface area (TPSA) is 49.3 Å². The molecule has 2 atom stereocenters. The number of halogens is 2. The molecule has 0 aromatic heterocycles. The molecule has 0 aliphatic heterocycles. The second-order valence-corrected chi connectivity index (χ2v) is 5.77. The van der Waals surface area contributed by atoms with Gasteiger partial charge < -0.3 is 10.4 Å². The Labute approximate surface area is 121 Å². The zero-order valence-electron chi connectivity index (χ0n) is 10.1. The van der Waals surface area contributed by atoms with E-state index in [1.54, 1.807) is 25.1 Å². The summed E-state index contributed by atoms with van der Waals surface area (Å²) in [5.41, 5.74) is 0.443. The number of hydrogen-bond donors (Lipinski definition) is 2. The summed E-state index contributed by atoms with van der Waals surface area (Å²) >= 11 is 13.4. The maximum Gasteiger partial charge on any atom is 0.232 e. The molecule has 0 heterocycles. The van der Waals surface area contributed by atoms with E-state index in [0.717, 1.165) is 0 Å². The molecular formula is C12H15Cl2NO2S. The lowest BCUT2D eigenvalue weighted by Gasteiger charge is -2.16. The van der Waals surface area contributed by atoms with Crippen molar-refractivity contribution in [3.05, 3.63) is 33.8 Å². The molecule has 6 heteroatoms. The van der Waals surface area contributed by atoms with Gasteiger partial charge in [-0.3, -0.25) is 4.79 Å². The molecule has 0 radical (unpaired) electrons. The normalized spacial score (nSPS) is 14.1. The first-order valence-electron chi connectivity index (χ1n) is 5.39. The molecule has 3 nitrogen and oxygen atoms in total. The van der Waals surface area contributed by atoms with Gasteiger partial charge in [0.1, 0.15) is 0 Å².